The van der Waals surface area contributed by atoms with Crippen LogP contribution in [-0.2, 0) is 6.54 Å². The van der Waals surface area contributed by atoms with Crippen LogP contribution in [0.15, 0.2) is 11.7 Å². The fourth-order valence-corrected chi connectivity index (χ4v) is 2.06. The SMILES string of the molecule is Cc1cnc(CNc2nncs2)s1. The van der Waals surface area contributed by atoms with Crippen molar-refractivity contribution in [1.29, 1.82) is 0 Å². The average molecular weight is 212 g/mol. The number of nitrogens with zero attached hydrogens (tertiary/aromatic N) is 3. The average Bonchev–Trinajstić information content (AvgIpc) is 2.71. The lowest BCUT2D eigenvalue weighted by atomic mass is 10.6. The van der Waals surface area contributed by atoms with Crippen molar-refractivity contribution in [2.24, 2.45) is 0 Å². The van der Waals surface area contributed by atoms with Gasteiger partial charge in [0.1, 0.15) is 10.5 Å². The molecule has 13 heavy (non-hydrogen) atoms. The number of nitrogens with one attached hydrogen (secondary N) is 1. The second kappa shape index (κ2) is 3.80. The van der Waals surface area contributed by atoms with Gasteiger partial charge in [-0.3, -0.25) is 0 Å². The first-order valence-corrected chi connectivity index (χ1v) is 5.45. The molecule has 0 spiro atoms. The molecule has 0 saturated heterocycles. The highest BCUT2D eigenvalue weighted by Gasteiger charge is 1.99. The van der Waals surface area contributed by atoms with Gasteiger partial charge in [-0.15, -0.1) is 21.5 Å². The monoisotopic (exact) mass is 212 g/mol. The highest BCUT2D eigenvalue weighted by Crippen LogP contribution is 2.14. The Morgan fingerprint density at radius 1 is 1.54 bits per heavy atom. The highest BCUT2D eigenvalue weighted by atomic mass is 32.1. The molecule has 0 amide bonds. The maximum absolute atomic E-state index is 4.23. The van der Waals surface area contributed by atoms with Gasteiger partial charge in [0.2, 0.25) is 5.13 Å². The summed E-state index contributed by atoms with van der Waals surface area (Å²) in [6.45, 7) is 2.78. The molecule has 4 nitrogen and oxygen atoms in total. The largest absolute Gasteiger partial charge is 0.354 e. The minimum atomic E-state index is 0.730. The number of rotatable bonds is 3. The van der Waals surface area contributed by atoms with E-state index in [0.29, 0.717) is 0 Å². The van der Waals surface area contributed by atoms with E-state index >= 15 is 0 Å². The van der Waals surface area contributed by atoms with Crippen LogP contribution in [0.4, 0.5) is 5.13 Å². The molecule has 68 valence electrons. The van der Waals surface area contributed by atoms with Crippen molar-refractivity contribution < 1.29 is 0 Å². The molecule has 0 aliphatic heterocycles. The molecule has 0 radical (unpaired) electrons. The van der Waals surface area contributed by atoms with Gasteiger partial charge in [-0.1, -0.05) is 11.3 Å². The third-order valence-electron chi connectivity index (χ3n) is 1.42. The van der Waals surface area contributed by atoms with Gasteiger partial charge in [0.05, 0.1) is 6.54 Å². The molecule has 0 aliphatic rings. The summed E-state index contributed by atoms with van der Waals surface area (Å²) >= 11 is 3.18. The molecule has 1 N–H and O–H groups in total. The van der Waals surface area contributed by atoms with Crippen LogP contribution in [0.25, 0.3) is 0 Å². The molecule has 0 unspecified atom stereocenters. The zero-order chi connectivity index (χ0) is 9.10. The van der Waals surface area contributed by atoms with Crippen molar-refractivity contribution in [3.05, 3.63) is 21.6 Å². The summed E-state index contributed by atoms with van der Waals surface area (Å²) in [7, 11) is 0. The first-order valence-electron chi connectivity index (χ1n) is 3.76. The molecular formula is C7H8N4S2. The van der Waals surface area contributed by atoms with Gasteiger partial charge in [0.15, 0.2) is 0 Å². The van der Waals surface area contributed by atoms with Crippen molar-refractivity contribution in [2.45, 2.75) is 13.5 Å². The van der Waals surface area contributed by atoms with Crippen LogP contribution in [0.3, 0.4) is 0 Å². The minimum absolute atomic E-state index is 0.730. The Balaban J connectivity index is 1.93. The Kier molecular flexibility index (Phi) is 2.51. The maximum Gasteiger partial charge on any atom is 0.205 e. The van der Waals surface area contributed by atoms with Crippen LogP contribution in [0.1, 0.15) is 9.88 Å². The molecule has 2 aromatic heterocycles. The van der Waals surface area contributed by atoms with Gasteiger partial charge >= 0.3 is 0 Å². The molecule has 6 heteroatoms. The van der Waals surface area contributed by atoms with Crippen molar-refractivity contribution in [3.63, 3.8) is 0 Å². The fraction of sp³-hybridized carbons (Fsp3) is 0.286. The summed E-state index contributed by atoms with van der Waals surface area (Å²) in [6.07, 6.45) is 1.88. The molecule has 2 aromatic rings. The van der Waals surface area contributed by atoms with E-state index in [4.69, 9.17) is 0 Å². The predicted molar refractivity (Wildman–Crippen MR) is 54.1 cm³/mol. The molecule has 0 saturated carbocycles. The van der Waals surface area contributed by atoms with Crippen molar-refractivity contribution in [3.8, 4) is 0 Å². The Labute approximate surface area is 83.7 Å². The van der Waals surface area contributed by atoms with E-state index in [0.717, 1.165) is 16.7 Å². The zero-order valence-corrected chi connectivity index (χ0v) is 8.65. The first-order chi connectivity index (χ1) is 6.34. The van der Waals surface area contributed by atoms with Crippen LogP contribution in [-0.4, -0.2) is 15.2 Å². The van der Waals surface area contributed by atoms with Crippen molar-refractivity contribution >= 4 is 27.8 Å². The molecule has 2 rings (SSSR count). The molecule has 0 aliphatic carbocycles. The molecule has 0 atom stereocenters. The van der Waals surface area contributed by atoms with E-state index in [1.807, 2.05) is 13.1 Å². The van der Waals surface area contributed by atoms with Gasteiger partial charge < -0.3 is 5.32 Å². The van der Waals surface area contributed by atoms with Crippen molar-refractivity contribution in [1.82, 2.24) is 15.2 Å². The fourth-order valence-electron chi connectivity index (χ4n) is 0.884. The summed E-state index contributed by atoms with van der Waals surface area (Å²) < 4.78 is 0. The number of hydrogen-bond acceptors (Lipinski definition) is 6. The van der Waals surface area contributed by atoms with Gasteiger partial charge in [0, 0.05) is 11.1 Å². The van der Waals surface area contributed by atoms with E-state index in [1.165, 1.54) is 16.2 Å². The second-order valence-electron chi connectivity index (χ2n) is 2.46. The maximum atomic E-state index is 4.23. The second-order valence-corrected chi connectivity index (χ2v) is 4.61. The summed E-state index contributed by atoms with van der Waals surface area (Å²) in [5.74, 6) is 0. The lowest BCUT2D eigenvalue weighted by molar-refractivity contribution is 1.04. The first kappa shape index (κ1) is 8.58. The number of aromatic nitrogens is 3. The lowest BCUT2D eigenvalue weighted by Gasteiger charge is -1.95. The van der Waals surface area contributed by atoms with E-state index in [1.54, 1.807) is 16.8 Å². The van der Waals surface area contributed by atoms with Gasteiger partial charge in [-0.05, 0) is 6.92 Å². The lowest BCUT2D eigenvalue weighted by Crippen LogP contribution is -1.97. The summed E-state index contributed by atoms with van der Waals surface area (Å²) in [4.78, 5) is 5.46. The van der Waals surface area contributed by atoms with E-state index < -0.39 is 0 Å². The summed E-state index contributed by atoms with van der Waals surface area (Å²) in [6, 6.07) is 0. The Morgan fingerprint density at radius 2 is 2.46 bits per heavy atom. The number of hydrogen-bond donors (Lipinski definition) is 1. The minimum Gasteiger partial charge on any atom is -0.354 e. The van der Waals surface area contributed by atoms with Crippen LogP contribution in [0, 0.1) is 6.92 Å². The third kappa shape index (κ3) is 2.22. The standard InChI is InChI=1S/C7H8N4S2/c1-5-2-8-6(13-5)3-9-7-11-10-4-12-7/h2,4H,3H2,1H3,(H,9,11). The van der Waals surface area contributed by atoms with E-state index in [2.05, 4.69) is 20.5 Å². The third-order valence-corrected chi connectivity index (χ3v) is 2.98. The highest BCUT2D eigenvalue weighted by molar-refractivity contribution is 7.13. The molecule has 0 bridgehead atoms. The topological polar surface area (TPSA) is 50.7 Å². The number of aryl methyl sites for hydroxylation is 1. The normalized spacial score (nSPS) is 10.2. The van der Waals surface area contributed by atoms with Gasteiger partial charge in [-0.25, -0.2) is 4.98 Å². The quantitative estimate of drug-likeness (QED) is 0.844. The Bertz CT molecular complexity index is 368. The van der Waals surface area contributed by atoms with Gasteiger partial charge in [-0.2, -0.15) is 0 Å². The van der Waals surface area contributed by atoms with Crippen molar-refractivity contribution in [2.75, 3.05) is 5.32 Å². The number of thiazole rings is 1. The molecular weight excluding hydrogens is 204 g/mol. The number of anilines is 1. The Hall–Kier alpha value is -1.01. The van der Waals surface area contributed by atoms with Gasteiger partial charge in [0.25, 0.3) is 0 Å². The Morgan fingerprint density at radius 3 is 3.08 bits per heavy atom. The summed E-state index contributed by atoms with van der Waals surface area (Å²) in [5, 5.41) is 12.7. The van der Waals surface area contributed by atoms with Crippen LogP contribution in [0.2, 0.25) is 0 Å². The predicted octanol–water partition coefficient (Wildman–Crippen LogP) is 1.92. The molecule has 2 heterocycles. The van der Waals surface area contributed by atoms with E-state index in [9.17, 15) is 0 Å². The molecule has 0 aromatic carbocycles. The zero-order valence-electron chi connectivity index (χ0n) is 7.02. The van der Waals surface area contributed by atoms with Crippen LogP contribution in [0.5, 0.6) is 0 Å². The van der Waals surface area contributed by atoms with Crippen LogP contribution >= 0.6 is 22.7 Å². The molecule has 0 fully saturated rings. The van der Waals surface area contributed by atoms with Crippen LogP contribution < -0.4 is 5.32 Å². The smallest absolute Gasteiger partial charge is 0.205 e. The van der Waals surface area contributed by atoms with E-state index in [-0.39, 0.29) is 0 Å². The summed E-state index contributed by atoms with van der Waals surface area (Å²) in [5.41, 5.74) is 1.70.